The van der Waals surface area contributed by atoms with Crippen LogP contribution in [0, 0.1) is 0 Å². The van der Waals surface area contributed by atoms with Crippen molar-refractivity contribution in [2.24, 2.45) is 5.73 Å². The molecule has 0 aliphatic rings. The summed E-state index contributed by atoms with van der Waals surface area (Å²) in [5, 5.41) is 1.15. The first kappa shape index (κ1) is 19.5. The number of halogens is 2. The fourth-order valence-electron chi connectivity index (χ4n) is 2.80. The summed E-state index contributed by atoms with van der Waals surface area (Å²) >= 11 is 12.2. The van der Waals surface area contributed by atoms with Crippen molar-refractivity contribution in [3.05, 3.63) is 87.7 Å². The average molecular weight is 403 g/mol. The lowest BCUT2D eigenvalue weighted by Crippen LogP contribution is -2.14. The number of hydrogen-bond donors (Lipinski definition) is 1. The maximum absolute atomic E-state index is 6.38. The molecule has 0 bridgehead atoms. The number of nitrogens with two attached hydrogens (primary N) is 1. The minimum atomic E-state index is -0.179. The van der Waals surface area contributed by atoms with E-state index in [2.05, 4.69) is 4.98 Å². The molecule has 0 saturated heterocycles. The quantitative estimate of drug-likeness (QED) is 0.588. The van der Waals surface area contributed by atoms with Crippen LogP contribution in [0.2, 0.25) is 10.0 Å². The fraction of sp³-hybridized carbons (Fsp3) is 0.190. The molecule has 1 heterocycles. The highest BCUT2D eigenvalue weighted by molar-refractivity contribution is 6.35. The van der Waals surface area contributed by atoms with Crippen LogP contribution in [0.25, 0.3) is 0 Å². The van der Waals surface area contributed by atoms with E-state index in [4.69, 9.17) is 38.4 Å². The molecule has 3 aromatic rings. The highest BCUT2D eigenvalue weighted by Crippen LogP contribution is 2.34. The Balaban J connectivity index is 1.83. The van der Waals surface area contributed by atoms with E-state index in [0.717, 1.165) is 16.7 Å². The van der Waals surface area contributed by atoms with Gasteiger partial charge in [-0.1, -0.05) is 41.4 Å². The van der Waals surface area contributed by atoms with Gasteiger partial charge in [0, 0.05) is 34.0 Å². The third-order valence-electron chi connectivity index (χ3n) is 4.24. The molecule has 0 spiro atoms. The van der Waals surface area contributed by atoms with E-state index in [1.807, 2.05) is 36.4 Å². The van der Waals surface area contributed by atoms with Crippen molar-refractivity contribution in [2.45, 2.75) is 19.1 Å². The van der Waals surface area contributed by atoms with Crippen LogP contribution in [-0.4, -0.2) is 12.1 Å². The molecular formula is C21H20Cl2N2O2. The maximum atomic E-state index is 6.38. The molecular weight excluding hydrogens is 383 g/mol. The molecule has 140 valence electrons. The van der Waals surface area contributed by atoms with Gasteiger partial charge in [-0.3, -0.25) is 4.98 Å². The minimum absolute atomic E-state index is 0.179. The molecule has 0 aliphatic heterocycles. The molecule has 6 heteroatoms. The number of nitrogens with zero attached hydrogens (tertiary/aromatic N) is 1. The molecule has 0 aliphatic carbocycles. The van der Waals surface area contributed by atoms with Crippen molar-refractivity contribution in [1.29, 1.82) is 0 Å². The first-order chi connectivity index (χ1) is 13.1. The zero-order valence-corrected chi connectivity index (χ0v) is 16.4. The summed E-state index contributed by atoms with van der Waals surface area (Å²) in [6.45, 7) is 0.299. The Kier molecular flexibility index (Phi) is 6.56. The zero-order valence-electron chi connectivity index (χ0n) is 14.9. The van der Waals surface area contributed by atoms with Crippen LogP contribution in [0.1, 0.15) is 22.7 Å². The number of methoxy groups -OCH3 is 1. The zero-order chi connectivity index (χ0) is 19.2. The number of benzene rings is 2. The number of ether oxygens (including phenoxy) is 2. The summed E-state index contributed by atoms with van der Waals surface area (Å²) in [4.78, 5) is 4.04. The van der Waals surface area contributed by atoms with Crippen molar-refractivity contribution >= 4 is 23.2 Å². The predicted octanol–water partition coefficient (Wildman–Crippen LogP) is 5.22. The van der Waals surface area contributed by atoms with Gasteiger partial charge in [-0.15, -0.1) is 0 Å². The molecule has 0 saturated carbocycles. The predicted molar refractivity (Wildman–Crippen MR) is 109 cm³/mol. The van der Waals surface area contributed by atoms with E-state index in [1.165, 1.54) is 0 Å². The van der Waals surface area contributed by atoms with Crippen molar-refractivity contribution in [3.63, 3.8) is 0 Å². The molecule has 27 heavy (non-hydrogen) atoms. The van der Waals surface area contributed by atoms with Gasteiger partial charge in [0.15, 0.2) is 11.5 Å². The second-order valence-corrected chi connectivity index (χ2v) is 6.91. The number of pyridine rings is 1. The lowest BCUT2D eigenvalue weighted by atomic mass is 9.99. The van der Waals surface area contributed by atoms with Crippen LogP contribution >= 0.6 is 23.2 Å². The van der Waals surface area contributed by atoms with Gasteiger partial charge < -0.3 is 15.2 Å². The van der Waals surface area contributed by atoms with E-state index in [9.17, 15) is 0 Å². The van der Waals surface area contributed by atoms with Gasteiger partial charge >= 0.3 is 0 Å². The fourth-order valence-corrected chi connectivity index (χ4v) is 3.26. The van der Waals surface area contributed by atoms with Crippen LogP contribution in [0.5, 0.6) is 11.5 Å². The van der Waals surface area contributed by atoms with E-state index >= 15 is 0 Å². The number of para-hydroxylation sites is 1. The van der Waals surface area contributed by atoms with E-state index in [-0.39, 0.29) is 6.04 Å². The summed E-state index contributed by atoms with van der Waals surface area (Å²) in [5.41, 5.74) is 9.19. The lowest BCUT2D eigenvalue weighted by Gasteiger charge is -2.18. The molecule has 2 aromatic carbocycles. The number of hydrogen-bond acceptors (Lipinski definition) is 4. The smallest absolute Gasteiger partial charge is 0.164 e. The summed E-state index contributed by atoms with van der Waals surface area (Å²) in [7, 11) is 1.62. The minimum Gasteiger partial charge on any atom is -0.493 e. The summed E-state index contributed by atoms with van der Waals surface area (Å²) in [5.74, 6) is 1.31. The Morgan fingerprint density at radius 3 is 2.52 bits per heavy atom. The lowest BCUT2D eigenvalue weighted by molar-refractivity contribution is 0.281. The normalized spacial score (nSPS) is 11.9. The first-order valence-electron chi connectivity index (χ1n) is 8.46. The largest absolute Gasteiger partial charge is 0.493 e. The Hall–Kier alpha value is -2.27. The summed E-state index contributed by atoms with van der Waals surface area (Å²) in [6.07, 6.45) is 4.08. The maximum Gasteiger partial charge on any atom is 0.164 e. The summed E-state index contributed by atoms with van der Waals surface area (Å²) < 4.78 is 11.6. The molecule has 0 radical (unpaired) electrons. The molecule has 2 N–H and O–H groups in total. The van der Waals surface area contributed by atoms with Crippen LogP contribution in [0.4, 0.5) is 0 Å². The highest BCUT2D eigenvalue weighted by Gasteiger charge is 2.15. The third-order valence-corrected chi connectivity index (χ3v) is 4.83. The van der Waals surface area contributed by atoms with Gasteiger partial charge in [0.25, 0.3) is 0 Å². The van der Waals surface area contributed by atoms with Crippen molar-refractivity contribution in [1.82, 2.24) is 4.98 Å². The second kappa shape index (κ2) is 9.09. The van der Waals surface area contributed by atoms with Gasteiger partial charge in [0.2, 0.25) is 0 Å². The van der Waals surface area contributed by atoms with Crippen LogP contribution in [-0.2, 0) is 13.0 Å². The summed E-state index contributed by atoms with van der Waals surface area (Å²) in [6, 6.07) is 14.8. The molecule has 4 nitrogen and oxygen atoms in total. The monoisotopic (exact) mass is 402 g/mol. The molecule has 0 amide bonds. The van der Waals surface area contributed by atoms with Crippen molar-refractivity contribution in [2.75, 3.05) is 7.11 Å². The number of aromatic nitrogens is 1. The average Bonchev–Trinajstić information content (AvgIpc) is 2.68. The topological polar surface area (TPSA) is 57.4 Å². The second-order valence-electron chi connectivity index (χ2n) is 6.06. The molecule has 1 aromatic heterocycles. The van der Waals surface area contributed by atoms with E-state index in [0.29, 0.717) is 34.6 Å². The van der Waals surface area contributed by atoms with E-state index < -0.39 is 0 Å². The van der Waals surface area contributed by atoms with Crippen molar-refractivity contribution in [3.8, 4) is 11.5 Å². The SMILES string of the molecule is COc1cccc(CC(N)c2ccncc2)c1OCc1ccc(Cl)cc1Cl. The van der Waals surface area contributed by atoms with Crippen LogP contribution in [0.15, 0.2) is 60.9 Å². The Bertz CT molecular complexity index is 904. The van der Waals surface area contributed by atoms with Gasteiger partial charge in [0.05, 0.1) is 7.11 Å². The van der Waals surface area contributed by atoms with E-state index in [1.54, 1.807) is 31.6 Å². The van der Waals surface area contributed by atoms with Crippen molar-refractivity contribution < 1.29 is 9.47 Å². The Labute approximate surface area is 168 Å². The molecule has 1 unspecified atom stereocenters. The third kappa shape index (κ3) is 4.92. The standard InChI is InChI=1S/C21H20Cl2N2O2/c1-26-20-4-2-3-15(11-19(24)14-7-9-25-10-8-14)21(20)27-13-16-5-6-17(22)12-18(16)23/h2-10,12,19H,11,13,24H2,1H3. The highest BCUT2D eigenvalue weighted by atomic mass is 35.5. The molecule has 0 fully saturated rings. The Morgan fingerprint density at radius 2 is 1.81 bits per heavy atom. The van der Waals surface area contributed by atoms with Gasteiger partial charge in [-0.2, -0.15) is 0 Å². The number of rotatable bonds is 7. The van der Waals surface area contributed by atoms with Crippen LogP contribution in [0.3, 0.4) is 0 Å². The van der Waals surface area contributed by atoms with Gasteiger partial charge in [-0.05, 0) is 47.9 Å². The van der Waals surface area contributed by atoms with Crippen LogP contribution < -0.4 is 15.2 Å². The van der Waals surface area contributed by atoms with Gasteiger partial charge in [-0.25, -0.2) is 0 Å². The van der Waals surface area contributed by atoms with Gasteiger partial charge in [0.1, 0.15) is 6.61 Å². The molecule has 3 rings (SSSR count). The Morgan fingerprint density at radius 1 is 1.04 bits per heavy atom. The first-order valence-corrected chi connectivity index (χ1v) is 9.22. The molecule has 1 atom stereocenters.